The summed E-state index contributed by atoms with van der Waals surface area (Å²) in [7, 11) is 0. The van der Waals surface area contributed by atoms with E-state index in [4.69, 9.17) is 0 Å². The monoisotopic (exact) mass is 392 g/mol. The molecule has 1 heteroatoms. The molecule has 0 saturated heterocycles. The number of hydrogen-bond donors (Lipinski definition) is 0. The van der Waals surface area contributed by atoms with Crippen LogP contribution in [0.3, 0.4) is 0 Å². The van der Waals surface area contributed by atoms with Gasteiger partial charge in [-0.3, -0.25) is 0 Å². The first-order valence-corrected chi connectivity index (χ1v) is 10.6. The quantitative estimate of drug-likeness (QED) is 0.450. The number of rotatable bonds is 4. The van der Waals surface area contributed by atoms with Crippen LogP contribution in [0.2, 0.25) is 0 Å². The van der Waals surface area contributed by atoms with Gasteiger partial charge in [-0.1, -0.05) is 64.7 Å². The fourth-order valence-electron chi connectivity index (χ4n) is 5.90. The van der Waals surface area contributed by atoms with E-state index in [1.807, 2.05) is 0 Å². The molecule has 3 fully saturated rings. The molecule has 0 aromatic carbocycles. The van der Waals surface area contributed by atoms with Gasteiger partial charge in [-0.15, -0.1) is 0 Å². The van der Waals surface area contributed by atoms with Crippen LogP contribution in [0, 0.1) is 42.4 Å². The SMILES string of the molecule is [CH2-]C1CCC(CC2CCC(C3CCC(CC)CC3)CC2)CC1.[Y+3]. The van der Waals surface area contributed by atoms with Crippen molar-refractivity contribution in [2.75, 3.05) is 0 Å². The van der Waals surface area contributed by atoms with Crippen molar-refractivity contribution < 1.29 is 32.7 Å². The third-order valence-electron chi connectivity index (χ3n) is 7.66. The van der Waals surface area contributed by atoms with Gasteiger partial charge >= 0.3 is 32.7 Å². The second kappa shape index (κ2) is 10.3. The molecule has 0 heterocycles. The fraction of sp³-hybridized carbons (Fsp3) is 0.955. The van der Waals surface area contributed by atoms with Gasteiger partial charge < -0.3 is 6.92 Å². The van der Waals surface area contributed by atoms with Crippen molar-refractivity contribution in [2.24, 2.45) is 35.5 Å². The molecule has 0 unspecified atom stereocenters. The molecule has 0 amide bonds. The number of hydrogen-bond acceptors (Lipinski definition) is 0. The maximum absolute atomic E-state index is 4.25. The first kappa shape index (κ1) is 20.4. The summed E-state index contributed by atoms with van der Waals surface area (Å²) >= 11 is 0. The molecule has 3 aliphatic carbocycles. The zero-order valence-corrected chi connectivity index (χ0v) is 18.5. The predicted octanol–water partition coefficient (Wildman–Crippen LogP) is 7.04. The smallest absolute Gasteiger partial charge is 0.340 e. The van der Waals surface area contributed by atoms with Gasteiger partial charge in [0, 0.05) is 0 Å². The second-order valence-corrected chi connectivity index (χ2v) is 9.09. The van der Waals surface area contributed by atoms with Crippen LogP contribution in [0.4, 0.5) is 0 Å². The van der Waals surface area contributed by atoms with Crippen molar-refractivity contribution in [1.29, 1.82) is 0 Å². The maximum Gasteiger partial charge on any atom is 3.00 e. The summed E-state index contributed by atoms with van der Waals surface area (Å²) in [6.07, 6.45) is 21.2. The molecule has 0 radical (unpaired) electrons. The van der Waals surface area contributed by atoms with Crippen molar-refractivity contribution in [3.05, 3.63) is 6.92 Å². The van der Waals surface area contributed by atoms with Gasteiger partial charge in [0.15, 0.2) is 0 Å². The van der Waals surface area contributed by atoms with E-state index in [0.717, 1.165) is 35.5 Å². The topological polar surface area (TPSA) is 0 Å². The third kappa shape index (κ3) is 6.09. The molecule has 3 rings (SSSR count). The predicted molar refractivity (Wildman–Crippen MR) is 96.6 cm³/mol. The van der Waals surface area contributed by atoms with Gasteiger partial charge in [-0.2, -0.15) is 5.92 Å². The van der Waals surface area contributed by atoms with E-state index >= 15 is 0 Å². The molecule has 0 nitrogen and oxygen atoms in total. The summed E-state index contributed by atoms with van der Waals surface area (Å²) in [5, 5.41) is 0. The average molecular weight is 392 g/mol. The molecule has 0 aromatic heterocycles. The van der Waals surface area contributed by atoms with Gasteiger partial charge in [0.2, 0.25) is 0 Å². The van der Waals surface area contributed by atoms with Crippen LogP contribution in [-0.2, 0) is 32.7 Å². The Morgan fingerprint density at radius 2 is 1.00 bits per heavy atom. The first-order chi connectivity index (χ1) is 10.7. The summed E-state index contributed by atoms with van der Waals surface area (Å²) in [5.74, 6) is 6.17. The molecular weight excluding hydrogens is 353 g/mol. The van der Waals surface area contributed by atoms with Crippen LogP contribution in [0.15, 0.2) is 0 Å². The van der Waals surface area contributed by atoms with Crippen LogP contribution in [0.5, 0.6) is 0 Å². The Balaban J connectivity index is 0.00000192. The van der Waals surface area contributed by atoms with Gasteiger partial charge in [-0.05, 0) is 61.7 Å². The van der Waals surface area contributed by atoms with Crippen molar-refractivity contribution in [2.45, 2.75) is 96.8 Å². The molecular formula is C22H39Y+2. The van der Waals surface area contributed by atoms with Gasteiger partial charge in [0.1, 0.15) is 0 Å². The van der Waals surface area contributed by atoms with Crippen LogP contribution in [-0.4, -0.2) is 0 Å². The summed E-state index contributed by atoms with van der Waals surface area (Å²) in [6.45, 7) is 6.64. The summed E-state index contributed by atoms with van der Waals surface area (Å²) in [4.78, 5) is 0. The second-order valence-electron chi connectivity index (χ2n) is 9.09. The Hall–Kier alpha value is 1.10. The molecule has 3 aliphatic rings. The molecule has 0 N–H and O–H groups in total. The zero-order valence-electron chi connectivity index (χ0n) is 15.6. The molecule has 3 saturated carbocycles. The average Bonchev–Trinajstić information content (AvgIpc) is 2.58. The Morgan fingerprint density at radius 1 is 0.609 bits per heavy atom. The molecule has 0 spiro atoms. The molecule has 23 heavy (non-hydrogen) atoms. The molecule has 0 aliphatic heterocycles. The Bertz CT molecular complexity index is 302. The van der Waals surface area contributed by atoms with E-state index < -0.39 is 0 Å². The van der Waals surface area contributed by atoms with E-state index in [0.29, 0.717) is 0 Å². The van der Waals surface area contributed by atoms with Crippen LogP contribution >= 0.6 is 0 Å². The Morgan fingerprint density at radius 3 is 1.43 bits per heavy atom. The summed E-state index contributed by atoms with van der Waals surface area (Å²) in [6, 6.07) is 0. The molecule has 0 atom stereocenters. The van der Waals surface area contributed by atoms with Crippen molar-refractivity contribution in [3.63, 3.8) is 0 Å². The fourth-order valence-corrected chi connectivity index (χ4v) is 5.90. The Kier molecular flexibility index (Phi) is 9.14. The van der Waals surface area contributed by atoms with Gasteiger partial charge in [0.25, 0.3) is 0 Å². The molecule has 128 valence electrons. The van der Waals surface area contributed by atoms with Crippen LogP contribution in [0.25, 0.3) is 0 Å². The van der Waals surface area contributed by atoms with Crippen molar-refractivity contribution in [3.8, 4) is 0 Å². The van der Waals surface area contributed by atoms with Crippen LogP contribution < -0.4 is 0 Å². The summed E-state index contributed by atoms with van der Waals surface area (Å²) < 4.78 is 0. The van der Waals surface area contributed by atoms with Crippen molar-refractivity contribution in [1.82, 2.24) is 0 Å². The van der Waals surface area contributed by atoms with E-state index in [1.54, 1.807) is 44.9 Å². The maximum atomic E-state index is 4.25. The van der Waals surface area contributed by atoms with E-state index in [-0.39, 0.29) is 32.7 Å². The van der Waals surface area contributed by atoms with Gasteiger partial charge in [-0.25, -0.2) is 0 Å². The molecule has 0 aromatic rings. The minimum Gasteiger partial charge on any atom is -0.340 e. The third-order valence-corrected chi connectivity index (χ3v) is 7.66. The van der Waals surface area contributed by atoms with E-state index in [2.05, 4.69) is 13.8 Å². The zero-order chi connectivity index (χ0) is 15.4. The largest absolute Gasteiger partial charge is 3.00 e. The van der Waals surface area contributed by atoms with E-state index in [9.17, 15) is 0 Å². The molecule has 0 bridgehead atoms. The Labute approximate surface area is 171 Å². The van der Waals surface area contributed by atoms with Gasteiger partial charge in [0.05, 0.1) is 0 Å². The van der Waals surface area contributed by atoms with Crippen LogP contribution in [0.1, 0.15) is 96.8 Å². The standard InChI is InChI=1S/C22H39.Y/c1-3-18-8-12-21(13-9-18)22-14-10-20(11-15-22)16-19-6-4-17(2)5-7-19;/h17-22H,2-16H2,1H3;/q-1;+3. The van der Waals surface area contributed by atoms with Crippen molar-refractivity contribution >= 4 is 0 Å². The first-order valence-electron chi connectivity index (χ1n) is 10.6. The normalized spacial score (nSPS) is 42.0. The minimum atomic E-state index is 0. The summed E-state index contributed by atoms with van der Waals surface area (Å²) in [5.41, 5.74) is 0. The minimum absolute atomic E-state index is 0. The van der Waals surface area contributed by atoms with E-state index in [1.165, 1.54) is 44.9 Å².